The second-order valence-corrected chi connectivity index (χ2v) is 10.8. The number of carbonyl (C=O) groups is 1. The number of hydrogen-bond acceptors (Lipinski definition) is 5. The average molecular weight is 446 g/mol. The number of nitrogens with zero attached hydrogens (tertiary/aromatic N) is 3. The number of rotatable bonds is 6. The lowest BCUT2D eigenvalue weighted by Gasteiger charge is -2.33. The molecule has 4 rings (SSSR count). The monoisotopic (exact) mass is 445 g/mol. The van der Waals surface area contributed by atoms with E-state index in [9.17, 15) is 13.2 Å². The zero-order valence-corrected chi connectivity index (χ0v) is 18.8. The lowest BCUT2D eigenvalue weighted by molar-refractivity contribution is -0.129. The van der Waals surface area contributed by atoms with Crippen molar-refractivity contribution in [1.29, 1.82) is 0 Å². The minimum Gasteiger partial charge on any atom is -0.338 e. The first kappa shape index (κ1) is 21.3. The van der Waals surface area contributed by atoms with E-state index in [0.717, 1.165) is 32.1 Å². The molecule has 1 atom stereocenters. The predicted octanol–water partition coefficient (Wildman–Crippen LogP) is 3.49. The summed E-state index contributed by atoms with van der Waals surface area (Å²) in [6.07, 6.45) is 6.34. The van der Waals surface area contributed by atoms with Crippen LogP contribution >= 0.6 is 11.8 Å². The van der Waals surface area contributed by atoms with Crippen molar-refractivity contribution < 1.29 is 13.2 Å². The molecule has 0 N–H and O–H groups in total. The van der Waals surface area contributed by atoms with E-state index in [1.165, 1.54) is 33.4 Å². The van der Waals surface area contributed by atoms with E-state index in [-0.39, 0.29) is 22.6 Å². The topological polar surface area (TPSA) is 70.6 Å². The van der Waals surface area contributed by atoms with Crippen LogP contribution in [0.5, 0.6) is 0 Å². The number of pyridine rings is 1. The molecule has 2 aliphatic rings. The zero-order chi connectivity index (χ0) is 21.1. The number of fused-ring (bicyclic) bond motifs is 1. The molecule has 30 heavy (non-hydrogen) atoms. The predicted molar refractivity (Wildman–Crippen MR) is 118 cm³/mol. The van der Waals surface area contributed by atoms with Gasteiger partial charge in [-0.05, 0) is 55.4 Å². The molecule has 1 aromatic carbocycles. The number of aryl methyl sites for hydroxylation is 1. The second-order valence-electron chi connectivity index (χ2n) is 7.84. The number of amides is 1. The van der Waals surface area contributed by atoms with Gasteiger partial charge in [-0.15, -0.1) is 0 Å². The molecular formula is C22H27N3O3S2. The molecule has 8 heteroatoms. The lowest BCUT2D eigenvalue weighted by atomic mass is 9.87. The number of aromatic nitrogens is 1. The van der Waals surface area contributed by atoms with Crippen molar-refractivity contribution in [2.24, 2.45) is 0 Å². The first-order chi connectivity index (χ1) is 14.5. The summed E-state index contributed by atoms with van der Waals surface area (Å²) in [5, 5.41) is 0.654. The fourth-order valence-electron chi connectivity index (χ4n) is 4.22. The maximum absolute atomic E-state index is 12.8. The van der Waals surface area contributed by atoms with Crippen LogP contribution in [0.3, 0.4) is 0 Å². The molecule has 1 aromatic heterocycles. The molecular weight excluding hydrogens is 418 g/mol. The van der Waals surface area contributed by atoms with E-state index in [1.807, 2.05) is 18.0 Å². The third-order valence-electron chi connectivity index (χ3n) is 5.95. The third-order valence-corrected chi connectivity index (χ3v) is 8.76. The molecule has 1 aliphatic heterocycles. The summed E-state index contributed by atoms with van der Waals surface area (Å²) in [6.45, 7) is 1.15. The highest BCUT2D eigenvalue weighted by Crippen LogP contribution is 2.34. The molecule has 160 valence electrons. The highest BCUT2D eigenvalue weighted by Gasteiger charge is 2.28. The van der Waals surface area contributed by atoms with Crippen molar-refractivity contribution in [3.63, 3.8) is 0 Å². The van der Waals surface area contributed by atoms with Crippen LogP contribution in [0.15, 0.2) is 52.5 Å². The quantitative estimate of drug-likeness (QED) is 0.637. The largest absolute Gasteiger partial charge is 0.338 e. The summed E-state index contributed by atoms with van der Waals surface area (Å²) >= 11 is 1.34. The van der Waals surface area contributed by atoms with Crippen molar-refractivity contribution in [2.45, 2.75) is 48.1 Å². The number of carbonyl (C=O) groups excluding carboxylic acids is 1. The number of hydrogen-bond donors (Lipinski definition) is 0. The van der Waals surface area contributed by atoms with Crippen LogP contribution < -0.4 is 0 Å². The first-order valence-corrected chi connectivity index (χ1v) is 12.8. The minimum absolute atomic E-state index is 0.0530. The second kappa shape index (κ2) is 9.08. The smallest absolute Gasteiger partial charge is 0.244 e. The van der Waals surface area contributed by atoms with Gasteiger partial charge in [-0.1, -0.05) is 36.0 Å². The molecule has 1 saturated heterocycles. The highest BCUT2D eigenvalue weighted by atomic mass is 32.2. The normalized spacial score (nSPS) is 19.4. The van der Waals surface area contributed by atoms with E-state index >= 15 is 0 Å². The van der Waals surface area contributed by atoms with Crippen LogP contribution in [0.2, 0.25) is 0 Å². The van der Waals surface area contributed by atoms with Crippen LogP contribution in [0.25, 0.3) is 0 Å². The molecule has 1 fully saturated rings. The van der Waals surface area contributed by atoms with Crippen molar-refractivity contribution in [3.8, 4) is 0 Å². The Labute approximate surface area is 182 Å². The zero-order valence-electron chi connectivity index (χ0n) is 17.2. The van der Waals surface area contributed by atoms with Crippen molar-refractivity contribution in [2.75, 3.05) is 25.9 Å². The average Bonchev–Trinajstić information content (AvgIpc) is 3.33. The van der Waals surface area contributed by atoms with Crippen LogP contribution in [0, 0.1) is 0 Å². The van der Waals surface area contributed by atoms with Gasteiger partial charge in [0.25, 0.3) is 0 Å². The summed E-state index contributed by atoms with van der Waals surface area (Å²) in [5.41, 5.74) is 2.58. The van der Waals surface area contributed by atoms with E-state index in [0.29, 0.717) is 18.1 Å². The Balaban J connectivity index is 1.37. The fourth-order valence-corrected chi connectivity index (χ4v) is 6.45. The van der Waals surface area contributed by atoms with Gasteiger partial charge in [0, 0.05) is 26.3 Å². The molecule has 0 radical (unpaired) electrons. The lowest BCUT2D eigenvalue weighted by Crippen LogP contribution is -2.34. The summed E-state index contributed by atoms with van der Waals surface area (Å²) < 4.78 is 26.7. The Bertz CT molecular complexity index is 1000. The fraction of sp³-hybridized carbons (Fsp3) is 0.455. The third kappa shape index (κ3) is 4.40. The van der Waals surface area contributed by atoms with Crippen LogP contribution in [-0.2, 0) is 21.2 Å². The molecule has 6 nitrogen and oxygen atoms in total. The van der Waals surface area contributed by atoms with Gasteiger partial charge in [-0.25, -0.2) is 13.4 Å². The van der Waals surface area contributed by atoms with Gasteiger partial charge in [0.05, 0.1) is 16.8 Å². The number of sulfonamides is 1. The Hall–Kier alpha value is -1.90. The molecule has 1 amide bonds. The Morgan fingerprint density at radius 1 is 1.17 bits per heavy atom. The maximum atomic E-state index is 12.8. The highest BCUT2D eigenvalue weighted by molar-refractivity contribution is 7.99. The van der Waals surface area contributed by atoms with Gasteiger partial charge in [0.2, 0.25) is 15.9 Å². The molecule has 1 aliphatic carbocycles. The minimum atomic E-state index is -3.46. The van der Waals surface area contributed by atoms with Gasteiger partial charge in [0.1, 0.15) is 4.90 Å². The standard InChI is InChI=1S/C22H27N3O3S2/c1-24(20-10-6-8-17-7-2-3-9-19(17)20)22(26)16-29-21-12-11-18(15-23-21)30(27,28)25-13-4-5-14-25/h2-3,7,9,11-12,15,20H,4-6,8,10,13-14,16H2,1H3/t20-/m1/s1. The molecule has 0 unspecified atom stereocenters. The van der Waals surface area contributed by atoms with Crippen molar-refractivity contribution in [3.05, 3.63) is 53.7 Å². The van der Waals surface area contributed by atoms with Gasteiger partial charge >= 0.3 is 0 Å². The summed E-state index contributed by atoms with van der Waals surface area (Å²) in [4.78, 5) is 19.1. The summed E-state index contributed by atoms with van der Waals surface area (Å²) in [5.74, 6) is 0.331. The van der Waals surface area contributed by atoms with E-state index in [2.05, 4.69) is 23.2 Å². The van der Waals surface area contributed by atoms with Crippen molar-refractivity contribution >= 4 is 27.7 Å². The van der Waals surface area contributed by atoms with E-state index in [1.54, 1.807) is 12.1 Å². The van der Waals surface area contributed by atoms with Gasteiger partial charge in [-0.2, -0.15) is 4.31 Å². The number of benzene rings is 1. The van der Waals surface area contributed by atoms with Crippen LogP contribution in [-0.4, -0.2) is 54.4 Å². The molecule has 0 bridgehead atoms. The van der Waals surface area contributed by atoms with Crippen LogP contribution in [0.1, 0.15) is 42.9 Å². The van der Waals surface area contributed by atoms with E-state index in [4.69, 9.17) is 0 Å². The van der Waals surface area contributed by atoms with E-state index < -0.39 is 10.0 Å². The SMILES string of the molecule is CN(C(=O)CSc1ccc(S(=O)(=O)N2CCCC2)cn1)[C@@H]1CCCc2ccccc21. The maximum Gasteiger partial charge on any atom is 0.244 e. The molecule has 2 heterocycles. The summed E-state index contributed by atoms with van der Waals surface area (Å²) in [6, 6.07) is 11.8. The first-order valence-electron chi connectivity index (χ1n) is 10.4. The van der Waals surface area contributed by atoms with Crippen LogP contribution in [0.4, 0.5) is 0 Å². The molecule has 0 saturated carbocycles. The Kier molecular flexibility index (Phi) is 6.46. The van der Waals surface area contributed by atoms with Gasteiger partial charge in [-0.3, -0.25) is 4.79 Å². The Morgan fingerprint density at radius 2 is 1.93 bits per heavy atom. The molecule has 0 spiro atoms. The summed E-state index contributed by atoms with van der Waals surface area (Å²) in [7, 11) is -1.59. The number of thioether (sulfide) groups is 1. The Morgan fingerprint density at radius 3 is 2.67 bits per heavy atom. The molecule has 2 aromatic rings. The van der Waals surface area contributed by atoms with Crippen molar-refractivity contribution in [1.82, 2.24) is 14.2 Å². The van der Waals surface area contributed by atoms with Gasteiger partial charge < -0.3 is 4.90 Å². The van der Waals surface area contributed by atoms with Gasteiger partial charge in [0.15, 0.2) is 0 Å².